The molecule has 0 aliphatic rings. The van der Waals surface area contributed by atoms with Crippen molar-refractivity contribution in [2.24, 2.45) is 0 Å². The van der Waals surface area contributed by atoms with Crippen molar-refractivity contribution in [3.05, 3.63) is 15.9 Å². The van der Waals surface area contributed by atoms with Crippen molar-refractivity contribution in [1.82, 2.24) is 9.78 Å². The summed E-state index contributed by atoms with van der Waals surface area (Å²) in [6.45, 7) is 9.58. The normalized spacial score (nSPS) is 14.6. The predicted molar refractivity (Wildman–Crippen MR) is 80.4 cm³/mol. The maximum atomic E-state index is 10.3. The molecule has 0 aliphatic heterocycles. The molecule has 0 aliphatic carbocycles. The first-order chi connectivity index (χ1) is 9.08. The highest BCUT2D eigenvalue weighted by Crippen LogP contribution is 2.24. The molecule has 2 unspecified atom stereocenters. The number of hydrogen-bond acceptors (Lipinski definition) is 3. The maximum absolute atomic E-state index is 10.3. The molecule has 1 N–H and O–H groups in total. The Bertz CT molecular complexity index is 393. The third kappa shape index (κ3) is 4.04. The van der Waals surface area contributed by atoms with Gasteiger partial charge >= 0.3 is 0 Å². The molecule has 0 aromatic carbocycles. The molecular weight excluding hydrogens is 308 g/mol. The Hall–Kier alpha value is -0.390. The first-order valence-corrected chi connectivity index (χ1v) is 7.91. The number of nitrogens with zero attached hydrogens (tertiary/aromatic N) is 2. The van der Waals surface area contributed by atoms with E-state index in [1.807, 2.05) is 18.5 Å². The number of aromatic nitrogens is 2. The smallest absolute Gasteiger partial charge is 0.0857 e. The van der Waals surface area contributed by atoms with Crippen LogP contribution in [-0.2, 0) is 24.1 Å². The summed E-state index contributed by atoms with van der Waals surface area (Å²) in [4.78, 5) is 0. The Balaban J connectivity index is 2.88. The van der Waals surface area contributed by atoms with Gasteiger partial charge in [0.15, 0.2) is 0 Å². The minimum atomic E-state index is -0.493. The lowest BCUT2D eigenvalue weighted by molar-refractivity contribution is -0.0342. The van der Waals surface area contributed by atoms with Crippen LogP contribution in [0.15, 0.2) is 4.47 Å². The van der Waals surface area contributed by atoms with Crippen LogP contribution in [0, 0.1) is 0 Å². The summed E-state index contributed by atoms with van der Waals surface area (Å²) >= 11 is 3.61. The van der Waals surface area contributed by atoms with E-state index in [1.54, 1.807) is 0 Å². The summed E-state index contributed by atoms with van der Waals surface area (Å²) < 4.78 is 8.57. The molecule has 0 amide bonds. The number of halogens is 1. The van der Waals surface area contributed by atoms with Crippen LogP contribution in [0.3, 0.4) is 0 Å². The van der Waals surface area contributed by atoms with Gasteiger partial charge in [-0.15, -0.1) is 0 Å². The van der Waals surface area contributed by atoms with Gasteiger partial charge in [-0.05, 0) is 42.6 Å². The highest BCUT2D eigenvalue weighted by atomic mass is 79.9. The second kappa shape index (κ2) is 8.02. The van der Waals surface area contributed by atoms with Crippen LogP contribution in [0.2, 0.25) is 0 Å². The molecule has 0 radical (unpaired) electrons. The molecule has 0 saturated heterocycles. The van der Waals surface area contributed by atoms with Crippen molar-refractivity contribution in [2.75, 3.05) is 6.61 Å². The van der Waals surface area contributed by atoms with Gasteiger partial charge in [0.05, 0.1) is 28.1 Å². The first-order valence-electron chi connectivity index (χ1n) is 7.12. The average molecular weight is 333 g/mol. The molecule has 1 aromatic rings. The van der Waals surface area contributed by atoms with Gasteiger partial charge in [-0.1, -0.05) is 13.8 Å². The number of rotatable bonds is 8. The number of aliphatic hydroxyl groups excluding tert-OH is 1. The number of ether oxygens (including phenoxy) is 1. The summed E-state index contributed by atoms with van der Waals surface area (Å²) in [5.74, 6) is 0. The molecule has 0 bridgehead atoms. The molecule has 110 valence electrons. The Morgan fingerprint density at radius 2 is 2.00 bits per heavy atom. The van der Waals surface area contributed by atoms with E-state index in [-0.39, 0.29) is 6.10 Å². The van der Waals surface area contributed by atoms with Crippen molar-refractivity contribution in [3.8, 4) is 0 Å². The molecule has 1 rings (SSSR count). The highest BCUT2D eigenvalue weighted by molar-refractivity contribution is 9.10. The zero-order valence-corrected chi connectivity index (χ0v) is 13.9. The molecular formula is C14H25BrN2O2. The largest absolute Gasteiger partial charge is 0.390 e. The van der Waals surface area contributed by atoms with Crippen LogP contribution in [-0.4, -0.2) is 33.7 Å². The van der Waals surface area contributed by atoms with Gasteiger partial charge in [-0.3, -0.25) is 4.68 Å². The molecule has 1 aromatic heterocycles. The number of aliphatic hydroxyl groups is 1. The van der Waals surface area contributed by atoms with E-state index in [4.69, 9.17) is 4.74 Å². The van der Waals surface area contributed by atoms with Crippen LogP contribution >= 0.6 is 15.9 Å². The predicted octanol–water partition coefficient (Wildman–Crippen LogP) is 2.95. The fraction of sp³-hybridized carbons (Fsp3) is 0.786. The molecule has 5 heteroatoms. The minimum absolute atomic E-state index is 0.109. The van der Waals surface area contributed by atoms with Gasteiger partial charge < -0.3 is 9.84 Å². The fourth-order valence-electron chi connectivity index (χ4n) is 2.26. The molecule has 0 saturated carbocycles. The van der Waals surface area contributed by atoms with E-state index < -0.39 is 6.10 Å². The summed E-state index contributed by atoms with van der Waals surface area (Å²) in [7, 11) is 0. The second-order valence-corrected chi connectivity index (χ2v) is 5.34. The van der Waals surface area contributed by atoms with Gasteiger partial charge in [-0.25, -0.2) is 0 Å². The highest BCUT2D eigenvalue weighted by Gasteiger charge is 2.22. The topological polar surface area (TPSA) is 47.3 Å². The summed E-state index contributed by atoms with van der Waals surface area (Å²) in [5.41, 5.74) is 2.11. The van der Waals surface area contributed by atoms with E-state index in [9.17, 15) is 5.11 Å². The molecule has 0 spiro atoms. The van der Waals surface area contributed by atoms with Crippen molar-refractivity contribution < 1.29 is 9.84 Å². The van der Waals surface area contributed by atoms with Gasteiger partial charge in [0.25, 0.3) is 0 Å². The summed E-state index contributed by atoms with van der Waals surface area (Å²) in [5, 5.41) is 14.9. The third-order valence-electron chi connectivity index (χ3n) is 3.31. The van der Waals surface area contributed by atoms with E-state index >= 15 is 0 Å². The first kappa shape index (κ1) is 16.7. The average Bonchev–Trinajstić information content (AvgIpc) is 2.72. The van der Waals surface area contributed by atoms with E-state index in [2.05, 4.69) is 34.9 Å². The molecule has 1 heterocycles. The SMILES string of the molecule is CCOC(CC)C(O)Cc1c(Br)c(CC)nn1CC. The lowest BCUT2D eigenvalue weighted by Gasteiger charge is -2.22. The van der Waals surface area contributed by atoms with Gasteiger partial charge in [-0.2, -0.15) is 5.10 Å². The van der Waals surface area contributed by atoms with Crippen molar-refractivity contribution in [2.45, 2.75) is 65.7 Å². The van der Waals surface area contributed by atoms with Gasteiger partial charge in [0, 0.05) is 19.6 Å². The van der Waals surface area contributed by atoms with Crippen molar-refractivity contribution in [3.63, 3.8) is 0 Å². The Morgan fingerprint density at radius 1 is 1.32 bits per heavy atom. The minimum Gasteiger partial charge on any atom is -0.390 e. The van der Waals surface area contributed by atoms with Crippen LogP contribution in [0.5, 0.6) is 0 Å². The summed E-state index contributed by atoms with van der Waals surface area (Å²) in [6.07, 6.45) is 1.67. The van der Waals surface area contributed by atoms with Gasteiger partial charge in [0.1, 0.15) is 0 Å². The van der Waals surface area contributed by atoms with Crippen LogP contribution in [0.1, 0.15) is 45.5 Å². The van der Waals surface area contributed by atoms with E-state index in [0.717, 1.165) is 35.2 Å². The second-order valence-electron chi connectivity index (χ2n) is 4.55. The zero-order valence-electron chi connectivity index (χ0n) is 12.3. The molecule has 19 heavy (non-hydrogen) atoms. The lowest BCUT2D eigenvalue weighted by Crippen LogP contribution is -2.31. The fourth-order valence-corrected chi connectivity index (χ4v) is 2.98. The van der Waals surface area contributed by atoms with Crippen molar-refractivity contribution >= 4 is 15.9 Å². The van der Waals surface area contributed by atoms with Crippen LogP contribution < -0.4 is 0 Å². The lowest BCUT2D eigenvalue weighted by atomic mass is 10.1. The molecule has 0 fully saturated rings. The quantitative estimate of drug-likeness (QED) is 0.796. The van der Waals surface area contributed by atoms with E-state index in [0.29, 0.717) is 13.0 Å². The number of hydrogen-bond donors (Lipinski definition) is 1. The Morgan fingerprint density at radius 3 is 2.47 bits per heavy atom. The van der Waals surface area contributed by atoms with Crippen molar-refractivity contribution in [1.29, 1.82) is 0 Å². The third-order valence-corrected chi connectivity index (χ3v) is 4.22. The molecule has 4 nitrogen and oxygen atoms in total. The van der Waals surface area contributed by atoms with Gasteiger partial charge in [0.2, 0.25) is 0 Å². The van der Waals surface area contributed by atoms with Crippen LogP contribution in [0.25, 0.3) is 0 Å². The number of aryl methyl sites for hydroxylation is 2. The Labute approximate surface area is 124 Å². The Kier molecular flexibility index (Phi) is 7.04. The zero-order chi connectivity index (χ0) is 14.4. The maximum Gasteiger partial charge on any atom is 0.0857 e. The molecule has 2 atom stereocenters. The van der Waals surface area contributed by atoms with Crippen LogP contribution in [0.4, 0.5) is 0 Å². The van der Waals surface area contributed by atoms with E-state index in [1.165, 1.54) is 0 Å². The monoisotopic (exact) mass is 332 g/mol. The summed E-state index contributed by atoms with van der Waals surface area (Å²) in [6, 6.07) is 0. The standard InChI is InChI=1S/C14H25BrN2O2/c1-5-10-14(15)11(17(7-3)16-10)9-12(18)13(6-2)19-8-4/h12-13,18H,5-9H2,1-4H3.